The SMILES string of the molecule is CCOc1cc(C2/C(=C(\O)c3ccc4c(c3)CCCO4)C(=O)C(=O)N2c2ccc(Cl)cc2)ccc1OC. The minimum absolute atomic E-state index is 0.00996. The van der Waals surface area contributed by atoms with Gasteiger partial charge in [-0.2, -0.15) is 0 Å². The fourth-order valence-electron chi connectivity index (χ4n) is 4.81. The number of aliphatic hydroxyl groups excluding tert-OH is 1. The minimum atomic E-state index is -0.904. The van der Waals surface area contributed by atoms with Gasteiger partial charge in [-0.15, -0.1) is 0 Å². The van der Waals surface area contributed by atoms with Crippen molar-refractivity contribution in [2.45, 2.75) is 25.8 Å². The minimum Gasteiger partial charge on any atom is -0.507 e. The van der Waals surface area contributed by atoms with E-state index in [0.717, 1.165) is 24.2 Å². The number of ketones is 1. The van der Waals surface area contributed by atoms with E-state index in [1.165, 1.54) is 12.0 Å². The predicted molar refractivity (Wildman–Crippen MR) is 141 cm³/mol. The Bertz CT molecular complexity index is 1400. The van der Waals surface area contributed by atoms with Crippen LogP contribution in [0.1, 0.15) is 36.1 Å². The van der Waals surface area contributed by atoms with Crippen LogP contribution in [-0.2, 0) is 16.0 Å². The first-order valence-corrected chi connectivity index (χ1v) is 12.4. The predicted octanol–water partition coefficient (Wildman–Crippen LogP) is 5.70. The fraction of sp³-hybridized carbons (Fsp3) is 0.241. The van der Waals surface area contributed by atoms with Crippen LogP contribution in [-0.4, -0.2) is 37.1 Å². The maximum Gasteiger partial charge on any atom is 0.300 e. The van der Waals surface area contributed by atoms with Gasteiger partial charge in [-0.1, -0.05) is 17.7 Å². The molecule has 0 radical (unpaired) electrons. The summed E-state index contributed by atoms with van der Waals surface area (Å²) in [6, 6.07) is 16.2. The second-order valence-corrected chi connectivity index (χ2v) is 9.20. The third kappa shape index (κ3) is 4.51. The average molecular weight is 520 g/mol. The van der Waals surface area contributed by atoms with Gasteiger partial charge >= 0.3 is 0 Å². The summed E-state index contributed by atoms with van der Waals surface area (Å²) in [6.45, 7) is 2.89. The van der Waals surface area contributed by atoms with E-state index in [9.17, 15) is 14.7 Å². The summed E-state index contributed by atoms with van der Waals surface area (Å²) >= 11 is 6.08. The van der Waals surface area contributed by atoms with E-state index in [0.29, 0.717) is 46.5 Å². The molecule has 3 aromatic carbocycles. The highest BCUT2D eigenvalue weighted by Gasteiger charge is 2.47. The molecule has 8 heteroatoms. The first kappa shape index (κ1) is 24.7. The first-order chi connectivity index (χ1) is 17.9. The van der Waals surface area contributed by atoms with E-state index in [1.807, 2.05) is 13.0 Å². The molecule has 0 aromatic heterocycles. The molecule has 2 aliphatic heterocycles. The number of methoxy groups -OCH3 is 1. The molecule has 2 aliphatic rings. The van der Waals surface area contributed by atoms with Crippen molar-refractivity contribution in [1.82, 2.24) is 0 Å². The van der Waals surface area contributed by atoms with E-state index in [1.54, 1.807) is 54.6 Å². The highest BCUT2D eigenvalue weighted by molar-refractivity contribution is 6.51. The number of benzene rings is 3. The number of amides is 1. The van der Waals surface area contributed by atoms with Crippen molar-refractivity contribution >= 4 is 34.7 Å². The van der Waals surface area contributed by atoms with Crippen molar-refractivity contribution in [3.8, 4) is 17.2 Å². The Morgan fingerprint density at radius 1 is 1.08 bits per heavy atom. The summed E-state index contributed by atoms with van der Waals surface area (Å²) in [5.74, 6) is -0.0255. The summed E-state index contributed by atoms with van der Waals surface area (Å²) in [4.78, 5) is 28.2. The molecule has 1 amide bonds. The van der Waals surface area contributed by atoms with Gasteiger partial charge in [-0.3, -0.25) is 14.5 Å². The van der Waals surface area contributed by atoms with Crippen LogP contribution in [0.2, 0.25) is 5.02 Å². The lowest BCUT2D eigenvalue weighted by atomic mass is 9.93. The lowest BCUT2D eigenvalue weighted by molar-refractivity contribution is -0.132. The van der Waals surface area contributed by atoms with Gasteiger partial charge < -0.3 is 19.3 Å². The van der Waals surface area contributed by atoms with Crippen LogP contribution in [0, 0.1) is 0 Å². The average Bonchev–Trinajstić information content (AvgIpc) is 3.18. The van der Waals surface area contributed by atoms with Gasteiger partial charge in [-0.25, -0.2) is 0 Å². The topological polar surface area (TPSA) is 85.3 Å². The number of hydrogen-bond acceptors (Lipinski definition) is 6. The molecule has 0 saturated carbocycles. The zero-order valence-electron chi connectivity index (χ0n) is 20.5. The normalized spacial score (nSPS) is 18.4. The highest BCUT2D eigenvalue weighted by atomic mass is 35.5. The molecule has 37 heavy (non-hydrogen) atoms. The van der Waals surface area contributed by atoms with Gasteiger partial charge in [0.1, 0.15) is 11.5 Å². The van der Waals surface area contributed by atoms with Crippen molar-refractivity contribution < 1.29 is 28.9 Å². The molecule has 7 nitrogen and oxygen atoms in total. The molecule has 0 aliphatic carbocycles. The van der Waals surface area contributed by atoms with Gasteiger partial charge in [0.15, 0.2) is 11.5 Å². The number of fused-ring (bicyclic) bond motifs is 1. The molecular formula is C29H26ClNO6. The third-order valence-electron chi connectivity index (χ3n) is 6.53. The first-order valence-electron chi connectivity index (χ1n) is 12.1. The summed E-state index contributed by atoms with van der Waals surface area (Å²) < 4.78 is 16.9. The van der Waals surface area contributed by atoms with Crippen molar-refractivity contribution in [1.29, 1.82) is 0 Å². The lowest BCUT2D eigenvalue weighted by Gasteiger charge is -2.26. The van der Waals surface area contributed by atoms with Crippen LogP contribution in [0.4, 0.5) is 5.69 Å². The van der Waals surface area contributed by atoms with Crippen molar-refractivity contribution in [3.05, 3.63) is 87.9 Å². The number of aryl methyl sites for hydroxylation is 1. The van der Waals surface area contributed by atoms with E-state index in [4.69, 9.17) is 25.8 Å². The zero-order chi connectivity index (χ0) is 26.1. The Kier molecular flexibility index (Phi) is 6.80. The quantitative estimate of drug-likeness (QED) is 0.255. The number of halogens is 1. The zero-order valence-corrected chi connectivity index (χ0v) is 21.2. The standard InChI is InChI=1S/C29H26ClNO6/c1-3-36-24-16-18(6-13-23(24)35-2)26-25(27(32)19-7-12-22-17(15-19)5-4-14-37-22)28(33)29(34)31(26)21-10-8-20(30)9-11-21/h6-13,15-16,26,32H,3-5,14H2,1-2H3/b27-25+. The Hall–Kier alpha value is -3.97. The lowest BCUT2D eigenvalue weighted by Crippen LogP contribution is -2.29. The summed E-state index contributed by atoms with van der Waals surface area (Å²) in [5.41, 5.74) is 2.44. The molecule has 3 aromatic rings. The van der Waals surface area contributed by atoms with E-state index >= 15 is 0 Å². The van der Waals surface area contributed by atoms with Crippen LogP contribution in [0.5, 0.6) is 17.2 Å². The molecule has 1 N–H and O–H groups in total. The molecule has 0 bridgehead atoms. The molecule has 2 heterocycles. The molecule has 5 rings (SSSR count). The number of anilines is 1. The summed E-state index contributed by atoms with van der Waals surface area (Å²) in [5, 5.41) is 12.0. The fourth-order valence-corrected chi connectivity index (χ4v) is 4.94. The summed E-state index contributed by atoms with van der Waals surface area (Å²) in [6.07, 6.45) is 1.67. The maximum absolute atomic E-state index is 13.5. The number of carbonyl (C=O) groups excluding carboxylic acids is 2. The molecule has 1 atom stereocenters. The van der Waals surface area contributed by atoms with Crippen LogP contribution in [0.25, 0.3) is 5.76 Å². The van der Waals surface area contributed by atoms with Crippen molar-refractivity contribution in [3.63, 3.8) is 0 Å². The second-order valence-electron chi connectivity index (χ2n) is 8.76. The Morgan fingerprint density at radius 2 is 1.86 bits per heavy atom. The monoisotopic (exact) mass is 519 g/mol. The number of carbonyl (C=O) groups is 2. The van der Waals surface area contributed by atoms with Crippen LogP contribution >= 0.6 is 11.6 Å². The number of ether oxygens (including phenoxy) is 3. The third-order valence-corrected chi connectivity index (χ3v) is 6.79. The largest absolute Gasteiger partial charge is 0.507 e. The molecule has 0 spiro atoms. The molecule has 190 valence electrons. The highest BCUT2D eigenvalue weighted by Crippen LogP contribution is 2.44. The van der Waals surface area contributed by atoms with Gasteiger partial charge in [-0.05, 0) is 85.5 Å². The van der Waals surface area contributed by atoms with Gasteiger partial charge in [0.25, 0.3) is 11.7 Å². The van der Waals surface area contributed by atoms with Gasteiger partial charge in [0.05, 0.1) is 31.9 Å². The van der Waals surface area contributed by atoms with Crippen LogP contribution in [0.15, 0.2) is 66.2 Å². The van der Waals surface area contributed by atoms with Gasteiger partial charge in [0.2, 0.25) is 0 Å². The number of Topliss-reactive ketones (excluding diaryl/α,β-unsaturated/α-hetero) is 1. The molecule has 1 unspecified atom stereocenters. The number of hydrogen-bond donors (Lipinski definition) is 1. The Balaban J connectivity index is 1.70. The smallest absolute Gasteiger partial charge is 0.300 e. The maximum atomic E-state index is 13.5. The number of aliphatic hydroxyl groups is 1. The van der Waals surface area contributed by atoms with E-state index < -0.39 is 17.7 Å². The Morgan fingerprint density at radius 3 is 2.59 bits per heavy atom. The van der Waals surface area contributed by atoms with E-state index in [-0.39, 0.29) is 11.3 Å². The molecule has 1 fully saturated rings. The Labute approximate surface area is 219 Å². The van der Waals surface area contributed by atoms with E-state index in [2.05, 4.69) is 0 Å². The molecular weight excluding hydrogens is 494 g/mol. The van der Waals surface area contributed by atoms with Crippen molar-refractivity contribution in [2.75, 3.05) is 25.2 Å². The summed E-state index contributed by atoms with van der Waals surface area (Å²) in [7, 11) is 1.54. The second kappa shape index (κ2) is 10.2. The number of rotatable bonds is 6. The molecule has 1 saturated heterocycles. The van der Waals surface area contributed by atoms with Crippen molar-refractivity contribution in [2.24, 2.45) is 0 Å². The number of nitrogens with zero attached hydrogens (tertiary/aromatic N) is 1. The van der Waals surface area contributed by atoms with Gasteiger partial charge in [0, 0.05) is 16.3 Å². The van der Waals surface area contributed by atoms with Crippen LogP contribution < -0.4 is 19.1 Å². The van der Waals surface area contributed by atoms with Crippen LogP contribution in [0.3, 0.4) is 0 Å².